The molecule has 1 aromatic rings. The van der Waals surface area contributed by atoms with Crippen molar-refractivity contribution in [1.29, 1.82) is 0 Å². The summed E-state index contributed by atoms with van der Waals surface area (Å²) in [7, 11) is 0. The summed E-state index contributed by atoms with van der Waals surface area (Å²) in [5.41, 5.74) is 0.707. The van der Waals surface area contributed by atoms with E-state index < -0.39 is 24.0 Å². The molecule has 112 valence electrons. The van der Waals surface area contributed by atoms with E-state index in [9.17, 15) is 18.0 Å². The predicted molar refractivity (Wildman–Crippen MR) is 67.4 cm³/mol. The first kappa shape index (κ1) is 15.2. The van der Waals surface area contributed by atoms with Crippen molar-refractivity contribution in [3.8, 4) is 0 Å². The van der Waals surface area contributed by atoms with Gasteiger partial charge in [0.05, 0.1) is 22.5 Å². The Labute approximate surface area is 118 Å². The van der Waals surface area contributed by atoms with Gasteiger partial charge in [0.15, 0.2) is 0 Å². The zero-order chi connectivity index (χ0) is 14.9. The predicted octanol–water partition coefficient (Wildman–Crippen LogP) is 2.40. The standard InChI is InChI=1S/C12H15F3N2O2S/c1-2-10-16-7(6-20-10)3-17-4-8(11(18)19)9(5-17)12(13,14)15/h6,8-9H,2-5H2,1H3,(H,18,19)/t8-,9-/m1/s1. The molecule has 1 aliphatic rings. The van der Waals surface area contributed by atoms with Crippen molar-refractivity contribution < 1.29 is 23.1 Å². The molecule has 0 amide bonds. The van der Waals surface area contributed by atoms with Gasteiger partial charge in [-0.05, 0) is 6.42 Å². The van der Waals surface area contributed by atoms with E-state index in [0.29, 0.717) is 5.69 Å². The first-order valence-electron chi connectivity index (χ1n) is 6.26. The summed E-state index contributed by atoms with van der Waals surface area (Å²) in [4.78, 5) is 16.8. The number of hydrogen-bond acceptors (Lipinski definition) is 4. The fraction of sp³-hybridized carbons (Fsp3) is 0.667. The second-order valence-electron chi connectivity index (χ2n) is 4.87. The van der Waals surface area contributed by atoms with Crippen molar-refractivity contribution in [2.24, 2.45) is 11.8 Å². The SMILES string of the molecule is CCc1nc(CN2C[C@@H](C(F)(F)F)[C@H](C(=O)O)C2)cs1. The maximum atomic E-state index is 12.8. The van der Waals surface area contributed by atoms with E-state index in [1.54, 1.807) is 0 Å². The Morgan fingerprint density at radius 1 is 1.55 bits per heavy atom. The average molecular weight is 308 g/mol. The van der Waals surface area contributed by atoms with E-state index in [0.717, 1.165) is 11.4 Å². The van der Waals surface area contributed by atoms with Gasteiger partial charge in [-0.1, -0.05) is 6.92 Å². The molecule has 0 bridgehead atoms. The van der Waals surface area contributed by atoms with Gasteiger partial charge in [-0.2, -0.15) is 13.2 Å². The number of aliphatic carboxylic acids is 1. The Kier molecular flexibility index (Phi) is 4.33. The maximum Gasteiger partial charge on any atom is 0.393 e. The summed E-state index contributed by atoms with van der Waals surface area (Å²) in [6.45, 7) is 1.86. The average Bonchev–Trinajstić information content (AvgIpc) is 2.95. The van der Waals surface area contributed by atoms with E-state index in [2.05, 4.69) is 4.98 Å². The number of aromatic nitrogens is 1. The minimum Gasteiger partial charge on any atom is -0.481 e. The highest BCUT2D eigenvalue weighted by atomic mass is 32.1. The van der Waals surface area contributed by atoms with Crippen LogP contribution in [-0.2, 0) is 17.8 Å². The van der Waals surface area contributed by atoms with Crippen LogP contribution >= 0.6 is 11.3 Å². The van der Waals surface area contributed by atoms with Gasteiger partial charge < -0.3 is 5.11 Å². The molecule has 1 aromatic heterocycles. The summed E-state index contributed by atoms with van der Waals surface area (Å²) in [5, 5.41) is 11.7. The number of hydrogen-bond donors (Lipinski definition) is 1. The molecule has 2 rings (SSSR count). The van der Waals surface area contributed by atoms with E-state index >= 15 is 0 Å². The lowest BCUT2D eigenvalue weighted by Gasteiger charge is -2.18. The summed E-state index contributed by atoms with van der Waals surface area (Å²) in [6.07, 6.45) is -3.69. The van der Waals surface area contributed by atoms with Gasteiger partial charge in [-0.15, -0.1) is 11.3 Å². The molecule has 0 spiro atoms. The highest BCUT2D eigenvalue weighted by molar-refractivity contribution is 7.09. The van der Waals surface area contributed by atoms with Crippen LogP contribution in [0.5, 0.6) is 0 Å². The molecule has 20 heavy (non-hydrogen) atoms. The molecule has 2 atom stereocenters. The quantitative estimate of drug-likeness (QED) is 0.928. The highest BCUT2D eigenvalue weighted by Crippen LogP contribution is 2.38. The third kappa shape index (κ3) is 3.29. The number of rotatable bonds is 4. The minimum absolute atomic E-state index is 0.0848. The lowest BCUT2D eigenvalue weighted by atomic mass is 9.96. The van der Waals surface area contributed by atoms with Crippen molar-refractivity contribution in [2.75, 3.05) is 13.1 Å². The molecule has 0 saturated carbocycles. The zero-order valence-electron chi connectivity index (χ0n) is 10.9. The van der Waals surface area contributed by atoms with E-state index in [1.165, 1.54) is 16.2 Å². The molecule has 1 saturated heterocycles. The Balaban J connectivity index is 2.06. The van der Waals surface area contributed by atoms with Crippen molar-refractivity contribution in [3.05, 3.63) is 16.1 Å². The summed E-state index contributed by atoms with van der Waals surface area (Å²) in [5.74, 6) is -4.58. The number of carbonyl (C=O) groups is 1. The van der Waals surface area contributed by atoms with Crippen LogP contribution in [0.1, 0.15) is 17.6 Å². The second kappa shape index (κ2) is 5.69. The summed E-state index contributed by atoms with van der Waals surface area (Å²) in [6, 6.07) is 0. The van der Waals surface area contributed by atoms with Crippen LogP contribution in [0.2, 0.25) is 0 Å². The maximum absolute atomic E-state index is 12.8. The van der Waals surface area contributed by atoms with Crippen LogP contribution in [0.15, 0.2) is 5.38 Å². The number of aryl methyl sites for hydroxylation is 1. The van der Waals surface area contributed by atoms with E-state index in [4.69, 9.17) is 5.11 Å². The fourth-order valence-corrected chi connectivity index (χ4v) is 3.15. The van der Waals surface area contributed by atoms with Crippen LogP contribution in [-0.4, -0.2) is 40.2 Å². The normalized spacial score (nSPS) is 24.2. The van der Waals surface area contributed by atoms with Crippen molar-refractivity contribution in [1.82, 2.24) is 9.88 Å². The van der Waals surface area contributed by atoms with E-state index in [-0.39, 0.29) is 19.6 Å². The lowest BCUT2D eigenvalue weighted by molar-refractivity contribution is -0.188. The Morgan fingerprint density at radius 3 is 2.70 bits per heavy atom. The molecule has 0 aromatic carbocycles. The van der Waals surface area contributed by atoms with Crippen molar-refractivity contribution >= 4 is 17.3 Å². The van der Waals surface area contributed by atoms with Gasteiger partial charge in [0.1, 0.15) is 0 Å². The molecule has 2 heterocycles. The third-order valence-corrected chi connectivity index (χ3v) is 4.46. The number of alkyl halides is 3. The molecular formula is C12H15F3N2O2S. The smallest absolute Gasteiger partial charge is 0.393 e. The van der Waals surface area contributed by atoms with Crippen LogP contribution in [0.3, 0.4) is 0 Å². The Morgan fingerprint density at radius 2 is 2.25 bits per heavy atom. The number of nitrogens with zero attached hydrogens (tertiary/aromatic N) is 2. The fourth-order valence-electron chi connectivity index (χ4n) is 2.41. The Bertz CT molecular complexity index is 489. The molecule has 0 aliphatic carbocycles. The molecule has 1 aliphatic heterocycles. The molecule has 1 N–H and O–H groups in total. The van der Waals surface area contributed by atoms with Gasteiger partial charge in [0, 0.05) is 25.0 Å². The van der Waals surface area contributed by atoms with Gasteiger partial charge in [-0.3, -0.25) is 9.69 Å². The minimum atomic E-state index is -4.48. The van der Waals surface area contributed by atoms with Crippen molar-refractivity contribution in [2.45, 2.75) is 26.1 Å². The summed E-state index contributed by atoms with van der Waals surface area (Å²) < 4.78 is 38.5. The molecule has 0 radical (unpaired) electrons. The lowest BCUT2D eigenvalue weighted by Crippen LogP contribution is -2.33. The van der Waals surface area contributed by atoms with Gasteiger partial charge in [0.2, 0.25) is 0 Å². The van der Waals surface area contributed by atoms with Crippen LogP contribution < -0.4 is 0 Å². The van der Waals surface area contributed by atoms with Gasteiger partial charge in [0.25, 0.3) is 0 Å². The molecule has 1 fully saturated rings. The second-order valence-corrected chi connectivity index (χ2v) is 5.82. The molecular weight excluding hydrogens is 293 g/mol. The number of carboxylic acid groups (broad SMARTS) is 1. The van der Waals surface area contributed by atoms with Crippen molar-refractivity contribution in [3.63, 3.8) is 0 Å². The first-order chi connectivity index (χ1) is 9.31. The van der Waals surface area contributed by atoms with Crippen LogP contribution in [0.4, 0.5) is 13.2 Å². The molecule has 4 nitrogen and oxygen atoms in total. The van der Waals surface area contributed by atoms with E-state index in [1.807, 2.05) is 12.3 Å². The highest BCUT2D eigenvalue weighted by Gasteiger charge is 2.52. The molecule has 8 heteroatoms. The monoisotopic (exact) mass is 308 g/mol. The van der Waals surface area contributed by atoms with Gasteiger partial charge in [-0.25, -0.2) is 4.98 Å². The topological polar surface area (TPSA) is 53.4 Å². The van der Waals surface area contributed by atoms with Crippen LogP contribution in [0.25, 0.3) is 0 Å². The zero-order valence-corrected chi connectivity index (χ0v) is 11.7. The number of likely N-dealkylation sites (tertiary alicyclic amines) is 1. The number of halogens is 3. The molecule has 0 unspecified atom stereocenters. The number of thiazole rings is 1. The van der Waals surface area contributed by atoms with Crippen LogP contribution in [0, 0.1) is 11.8 Å². The van der Waals surface area contributed by atoms with Gasteiger partial charge >= 0.3 is 12.1 Å². The Hall–Kier alpha value is -1.15. The third-order valence-electron chi connectivity index (χ3n) is 3.42. The summed E-state index contributed by atoms with van der Waals surface area (Å²) >= 11 is 1.47. The largest absolute Gasteiger partial charge is 0.481 e. The first-order valence-corrected chi connectivity index (χ1v) is 7.14. The number of carboxylic acids is 1.